The molecule has 0 saturated heterocycles. The molecule has 14 aromatic rings. The van der Waals surface area contributed by atoms with Crippen LogP contribution >= 0.6 is 0 Å². The Kier molecular flexibility index (Phi) is 7.60. The number of benzene rings is 13. The normalized spacial score (nSPS) is 13.3. The van der Waals surface area contributed by atoms with Crippen LogP contribution in [0.4, 0.5) is 0 Å². The summed E-state index contributed by atoms with van der Waals surface area (Å²) in [7, 11) is 0. The molecule has 0 N–H and O–H groups in total. The maximum Gasteiger partial charge on any atom is 0.0732 e. The highest BCUT2D eigenvalue weighted by atomic mass is 15.0. The van der Waals surface area contributed by atoms with Gasteiger partial charge in [-0.25, -0.2) is 0 Å². The van der Waals surface area contributed by atoms with Gasteiger partial charge in [-0.2, -0.15) is 0 Å². The van der Waals surface area contributed by atoms with E-state index in [2.05, 4.69) is 253 Å². The van der Waals surface area contributed by atoms with Gasteiger partial charge in [0, 0.05) is 16.5 Å². The molecule has 0 saturated carbocycles. The molecule has 0 radical (unpaired) electrons. The molecule has 1 heterocycles. The molecule has 1 heteroatoms. The second-order valence-corrected chi connectivity index (χ2v) is 19.3. The summed E-state index contributed by atoms with van der Waals surface area (Å²) >= 11 is 0. The van der Waals surface area contributed by atoms with Gasteiger partial charge in [0.1, 0.15) is 0 Å². The quantitative estimate of drug-likeness (QED) is 0.123. The molecule has 0 fully saturated rings. The third kappa shape index (κ3) is 4.76. The summed E-state index contributed by atoms with van der Waals surface area (Å²) in [4.78, 5) is 0. The first-order valence-corrected chi connectivity index (χ1v) is 24.5. The third-order valence-corrected chi connectivity index (χ3v) is 16.1. The summed E-state index contributed by atoms with van der Waals surface area (Å²) in [6, 6.07) is 93.8. The fourth-order valence-corrected chi connectivity index (χ4v) is 13.6. The number of aromatic nitrogens is 1. The number of fused-ring (bicyclic) bond motifs is 22. The van der Waals surface area contributed by atoms with Crippen LogP contribution < -0.4 is 0 Å². The van der Waals surface area contributed by atoms with Crippen molar-refractivity contribution in [2.45, 2.75) is 5.41 Å². The largest absolute Gasteiger partial charge is 0.309 e. The van der Waals surface area contributed by atoms with Crippen LogP contribution in [0.5, 0.6) is 0 Å². The molecule has 1 aromatic heterocycles. The van der Waals surface area contributed by atoms with Crippen molar-refractivity contribution in [2.24, 2.45) is 0 Å². The van der Waals surface area contributed by atoms with E-state index in [1.54, 1.807) is 0 Å². The van der Waals surface area contributed by atoms with E-state index in [-0.39, 0.29) is 0 Å². The van der Waals surface area contributed by atoms with Crippen LogP contribution in [-0.2, 0) is 5.41 Å². The minimum atomic E-state index is -0.569. The van der Waals surface area contributed by atoms with Crippen LogP contribution in [-0.4, -0.2) is 4.57 Å². The number of hydrogen-bond donors (Lipinski definition) is 0. The van der Waals surface area contributed by atoms with Crippen molar-refractivity contribution in [1.82, 2.24) is 4.57 Å². The second-order valence-electron chi connectivity index (χ2n) is 19.3. The highest BCUT2D eigenvalue weighted by Crippen LogP contribution is 2.67. The molecule has 1 nitrogen and oxygen atoms in total. The smallest absolute Gasteiger partial charge is 0.0732 e. The highest BCUT2D eigenvalue weighted by molar-refractivity contribution is 6.28. The maximum absolute atomic E-state index is 2.64. The Balaban J connectivity index is 1.05. The van der Waals surface area contributed by atoms with Gasteiger partial charge in [0.25, 0.3) is 0 Å². The molecular formula is C69H41N. The van der Waals surface area contributed by atoms with Crippen LogP contribution in [0.25, 0.3) is 126 Å². The predicted octanol–water partition coefficient (Wildman–Crippen LogP) is 18.2. The number of nitrogens with zero attached hydrogens (tertiary/aromatic N) is 1. The second kappa shape index (κ2) is 14.0. The zero-order valence-corrected chi connectivity index (χ0v) is 38.1. The first-order valence-electron chi connectivity index (χ1n) is 24.5. The lowest BCUT2D eigenvalue weighted by atomic mass is 9.68. The van der Waals surface area contributed by atoms with Gasteiger partial charge < -0.3 is 4.57 Å². The summed E-state index contributed by atoms with van der Waals surface area (Å²) in [6.45, 7) is 0. The minimum absolute atomic E-state index is 0.569. The van der Waals surface area contributed by atoms with Crippen LogP contribution in [0.3, 0.4) is 0 Å². The fourth-order valence-electron chi connectivity index (χ4n) is 13.6. The van der Waals surface area contributed by atoms with E-state index in [1.165, 1.54) is 148 Å². The Morgan fingerprint density at radius 2 is 0.686 bits per heavy atom. The van der Waals surface area contributed by atoms with Gasteiger partial charge in [-0.15, -0.1) is 0 Å². The average molecular weight is 884 g/mol. The standard InChI is InChI=1S/C69H41N/c1-2-20-43(21-3-1)70-62-37-19-16-27-49(62)57-40-42(38-39-63(57)70)64-52-30-9-11-32-54(52)65(55-33-12-10-31-53(55)64)58-41-61-66(50-28-7-5-24-46(50)58)67-51-29-8-4-22-44(51)45-23-6-13-34-56(45)68(67)69(61)59-35-17-14-25-47(59)48-26-15-18-36-60(48)69/h1-41H. The lowest BCUT2D eigenvalue weighted by molar-refractivity contribution is 0.803. The van der Waals surface area contributed by atoms with Crippen molar-refractivity contribution in [1.29, 1.82) is 0 Å². The van der Waals surface area contributed by atoms with Gasteiger partial charge in [-0.1, -0.05) is 212 Å². The van der Waals surface area contributed by atoms with Crippen molar-refractivity contribution >= 4 is 75.7 Å². The number of para-hydroxylation sites is 2. The summed E-state index contributed by atoms with van der Waals surface area (Å²) in [5.74, 6) is 0. The van der Waals surface area contributed by atoms with Crippen molar-refractivity contribution < 1.29 is 0 Å². The predicted molar refractivity (Wildman–Crippen MR) is 295 cm³/mol. The molecule has 16 rings (SSSR count). The SMILES string of the molecule is c1ccc(-n2c3ccccc3c3cc(-c4c5ccccc5c(-c5cc6c(c7ccccc57)-c5c(c7ccccc7c7ccccc57)C65c6ccccc6-c6ccccc65)c5ccccc45)ccc32)cc1. The van der Waals surface area contributed by atoms with Gasteiger partial charge in [0.2, 0.25) is 0 Å². The van der Waals surface area contributed by atoms with E-state index in [0.29, 0.717) is 0 Å². The number of hydrogen-bond acceptors (Lipinski definition) is 0. The van der Waals surface area contributed by atoms with Crippen molar-refractivity contribution in [3.8, 4) is 50.2 Å². The summed E-state index contributed by atoms with van der Waals surface area (Å²) in [5.41, 5.74) is 18.8. The van der Waals surface area contributed by atoms with Crippen molar-refractivity contribution in [3.05, 3.63) is 271 Å². The third-order valence-electron chi connectivity index (χ3n) is 16.1. The van der Waals surface area contributed by atoms with Crippen LogP contribution in [0, 0.1) is 0 Å². The van der Waals surface area contributed by atoms with E-state index in [0.717, 1.165) is 0 Å². The highest BCUT2D eigenvalue weighted by Gasteiger charge is 2.53. The Morgan fingerprint density at radius 1 is 0.243 bits per heavy atom. The topological polar surface area (TPSA) is 4.93 Å². The Bertz CT molecular complexity index is 4490. The maximum atomic E-state index is 2.64. The average Bonchev–Trinajstić information content (AvgIpc) is 4.05. The molecule has 0 unspecified atom stereocenters. The van der Waals surface area contributed by atoms with E-state index in [4.69, 9.17) is 0 Å². The zero-order valence-electron chi connectivity index (χ0n) is 38.1. The molecule has 13 aromatic carbocycles. The summed E-state index contributed by atoms with van der Waals surface area (Å²) < 4.78 is 2.41. The molecule has 2 aliphatic rings. The van der Waals surface area contributed by atoms with Gasteiger partial charge in [-0.05, 0) is 157 Å². The summed E-state index contributed by atoms with van der Waals surface area (Å²) in [6.07, 6.45) is 0. The zero-order chi connectivity index (χ0) is 45.7. The fraction of sp³-hybridized carbons (Fsp3) is 0.0145. The summed E-state index contributed by atoms with van der Waals surface area (Å²) in [5, 5.41) is 15.3. The lowest BCUT2D eigenvalue weighted by Crippen LogP contribution is -2.26. The molecule has 0 bridgehead atoms. The van der Waals surface area contributed by atoms with Crippen molar-refractivity contribution in [3.63, 3.8) is 0 Å². The molecule has 0 aliphatic heterocycles. The molecule has 70 heavy (non-hydrogen) atoms. The Labute approximate surface area is 404 Å². The van der Waals surface area contributed by atoms with E-state index < -0.39 is 5.41 Å². The van der Waals surface area contributed by atoms with Crippen LogP contribution in [0.15, 0.2) is 249 Å². The van der Waals surface area contributed by atoms with Crippen LogP contribution in [0.1, 0.15) is 22.3 Å². The lowest BCUT2D eigenvalue weighted by Gasteiger charge is -2.32. The monoisotopic (exact) mass is 883 g/mol. The molecule has 1 spiro atoms. The number of rotatable bonds is 3. The Morgan fingerprint density at radius 3 is 1.31 bits per heavy atom. The van der Waals surface area contributed by atoms with E-state index in [9.17, 15) is 0 Å². The molecule has 0 amide bonds. The van der Waals surface area contributed by atoms with Gasteiger partial charge >= 0.3 is 0 Å². The molecule has 2 aliphatic carbocycles. The van der Waals surface area contributed by atoms with Gasteiger partial charge in [0.15, 0.2) is 0 Å². The first kappa shape index (κ1) is 38.0. The van der Waals surface area contributed by atoms with Gasteiger partial charge in [0.05, 0.1) is 16.4 Å². The van der Waals surface area contributed by atoms with Crippen molar-refractivity contribution in [2.75, 3.05) is 0 Å². The molecular weight excluding hydrogens is 843 g/mol. The van der Waals surface area contributed by atoms with E-state index >= 15 is 0 Å². The van der Waals surface area contributed by atoms with Gasteiger partial charge in [-0.3, -0.25) is 0 Å². The molecule has 0 atom stereocenters. The first-order chi connectivity index (χ1) is 34.8. The molecule has 322 valence electrons. The van der Waals surface area contributed by atoms with E-state index in [1.807, 2.05) is 0 Å². The minimum Gasteiger partial charge on any atom is -0.309 e. The van der Waals surface area contributed by atoms with Crippen LogP contribution in [0.2, 0.25) is 0 Å². The Hall–Kier alpha value is -9.04.